The van der Waals surface area contributed by atoms with Gasteiger partial charge in [-0.1, -0.05) is 12.1 Å². The number of benzene rings is 1. The summed E-state index contributed by atoms with van der Waals surface area (Å²) in [6, 6.07) is 8.93. The third-order valence-corrected chi connectivity index (χ3v) is 5.08. The van der Waals surface area contributed by atoms with Crippen LogP contribution < -0.4 is 15.6 Å². The highest BCUT2D eigenvalue weighted by Crippen LogP contribution is 2.12. The molecule has 2 N–H and O–H groups in total. The second-order valence-electron chi connectivity index (χ2n) is 5.97. The molecule has 0 unspecified atom stereocenters. The third-order valence-electron chi connectivity index (χ3n) is 3.42. The second-order valence-corrected chi connectivity index (χ2v) is 7.68. The van der Waals surface area contributed by atoms with Crippen molar-refractivity contribution >= 4 is 15.9 Å². The van der Waals surface area contributed by atoms with E-state index < -0.39 is 15.9 Å². The number of hydrogen-bond donors (Lipinski definition) is 2. The zero-order chi connectivity index (χ0) is 18.6. The SMILES string of the molecule is CC(C)NS(=O)(=O)c1cccc(CNC(=O)c2ccn(C)c(=O)c2)c1. The van der Waals surface area contributed by atoms with E-state index in [9.17, 15) is 18.0 Å². The highest BCUT2D eigenvalue weighted by atomic mass is 32.2. The predicted octanol–water partition coefficient (Wildman–Crippen LogP) is 1.00. The Morgan fingerprint density at radius 1 is 1.20 bits per heavy atom. The van der Waals surface area contributed by atoms with Gasteiger partial charge in [-0.05, 0) is 37.6 Å². The summed E-state index contributed by atoms with van der Waals surface area (Å²) in [5, 5.41) is 2.68. The van der Waals surface area contributed by atoms with Gasteiger partial charge in [0.2, 0.25) is 10.0 Å². The Morgan fingerprint density at radius 3 is 2.56 bits per heavy atom. The molecule has 0 aliphatic heterocycles. The van der Waals surface area contributed by atoms with Crippen molar-refractivity contribution in [3.8, 4) is 0 Å². The molecule has 1 aromatic heterocycles. The van der Waals surface area contributed by atoms with Crippen LogP contribution in [0.2, 0.25) is 0 Å². The van der Waals surface area contributed by atoms with Crippen molar-refractivity contribution < 1.29 is 13.2 Å². The van der Waals surface area contributed by atoms with Crippen LogP contribution in [-0.2, 0) is 23.6 Å². The molecule has 0 aliphatic rings. The van der Waals surface area contributed by atoms with E-state index in [1.165, 1.54) is 29.0 Å². The molecule has 2 aromatic rings. The van der Waals surface area contributed by atoms with Gasteiger partial charge in [0.25, 0.3) is 11.5 Å². The molecule has 8 heteroatoms. The monoisotopic (exact) mass is 363 g/mol. The summed E-state index contributed by atoms with van der Waals surface area (Å²) < 4.78 is 28.3. The first kappa shape index (κ1) is 18.9. The summed E-state index contributed by atoms with van der Waals surface area (Å²) in [6.45, 7) is 3.64. The number of sulfonamides is 1. The van der Waals surface area contributed by atoms with Gasteiger partial charge < -0.3 is 9.88 Å². The van der Waals surface area contributed by atoms with Crippen LogP contribution in [0.15, 0.2) is 52.3 Å². The topological polar surface area (TPSA) is 97.3 Å². The molecular weight excluding hydrogens is 342 g/mol. The first-order chi connectivity index (χ1) is 11.7. The van der Waals surface area contributed by atoms with Crippen molar-refractivity contribution in [2.45, 2.75) is 31.3 Å². The molecule has 25 heavy (non-hydrogen) atoms. The first-order valence-electron chi connectivity index (χ1n) is 7.75. The van der Waals surface area contributed by atoms with Gasteiger partial charge in [-0.2, -0.15) is 0 Å². The molecule has 0 aliphatic carbocycles. The van der Waals surface area contributed by atoms with Gasteiger partial charge in [-0.3, -0.25) is 9.59 Å². The van der Waals surface area contributed by atoms with E-state index in [0.29, 0.717) is 5.56 Å². The maximum atomic E-state index is 12.2. The molecule has 1 heterocycles. The lowest BCUT2D eigenvalue weighted by atomic mass is 10.2. The van der Waals surface area contributed by atoms with Crippen LogP contribution in [0.3, 0.4) is 0 Å². The quantitative estimate of drug-likeness (QED) is 0.800. The van der Waals surface area contributed by atoms with Gasteiger partial charge >= 0.3 is 0 Å². The summed E-state index contributed by atoms with van der Waals surface area (Å²) in [5.74, 6) is -0.397. The van der Waals surface area contributed by atoms with Gasteiger partial charge in [0.15, 0.2) is 0 Å². The molecule has 2 rings (SSSR count). The number of carbonyl (C=O) groups excluding carboxylic acids is 1. The number of hydrogen-bond acceptors (Lipinski definition) is 4. The fraction of sp³-hybridized carbons (Fsp3) is 0.294. The maximum Gasteiger partial charge on any atom is 0.251 e. The van der Waals surface area contributed by atoms with Gasteiger partial charge in [0.1, 0.15) is 0 Å². The fourth-order valence-corrected chi connectivity index (χ4v) is 3.50. The normalized spacial score (nSPS) is 11.5. The van der Waals surface area contributed by atoms with Gasteiger partial charge in [0, 0.05) is 37.5 Å². The van der Waals surface area contributed by atoms with Crippen LogP contribution in [0.5, 0.6) is 0 Å². The summed E-state index contributed by atoms with van der Waals surface area (Å²) in [5.41, 5.74) is 0.623. The van der Waals surface area contributed by atoms with E-state index in [1.54, 1.807) is 39.1 Å². The van der Waals surface area contributed by atoms with Crippen molar-refractivity contribution in [3.05, 3.63) is 64.1 Å². The zero-order valence-corrected chi connectivity index (χ0v) is 15.1. The van der Waals surface area contributed by atoms with Crippen LogP contribution in [0.1, 0.15) is 29.8 Å². The molecule has 0 saturated heterocycles. The number of aryl methyl sites for hydroxylation is 1. The largest absolute Gasteiger partial charge is 0.348 e. The Kier molecular flexibility index (Phi) is 5.76. The number of nitrogens with zero attached hydrogens (tertiary/aromatic N) is 1. The van der Waals surface area contributed by atoms with Gasteiger partial charge in [-0.25, -0.2) is 13.1 Å². The van der Waals surface area contributed by atoms with Crippen molar-refractivity contribution in [1.29, 1.82) is 0 Å². The molecule has 0 saturated carbocycles. The molecule has 0 atom stereocenters. The molecule has 134 valence electrons. The van der Waals surface area contributed by atoms with Crippen LogP contribution >= 0.6 is 0 Å². The summed E-state index contributed by atoms with van der Waals surface area (Å²) in [4.78, 5) is 23.8. The Bertz CT molecular complexity index is 933. The van der Waals surface area contributed by atoms with Gasteiger partial charge in [-0.15, -0.1) is 0 Å². The molecule has 0 spiro atoms. The molecule has 0 radical (unpaired) electrons. The van der Waals surface area contributed by atoms with E-state index in [2.05, 4.69) is 10.0 Å². The highest BCUT2D eigenvalue weighted by Gasteiger charge is 2.15. The average Bonchev–Trinajstić information content (AvgIpc) is 2.54. The second kappa shape index (κ2) is 7.62. The number of aromatic nitrogens is 1. The van der Waals surface area contributed by atoms with E-state index in [0.717, 1.165) is 0 Å². The van der Waals surface area contributed by atoms with Crippen molar-refractivity contribution in [2.24, 2.45) is 7.05 Å². The minimum Gasteiger partial charge on any atom is -0.348 e. The number of carbonyl (C=O) groups is 1. The van der Waals surface area contributed by atoms with Crippen LogP contribution in [0.25, 0.3) is 0 Å². The minimum atomic E-state index is -3.59. The van der Waals surface area contributed by atoms with Crippen LogP contribution in [0.4, 0.5) is 0 Å². The van der Waals surface area contributed by atoms with Gasteiger partial charge in [0.05, 0.1) is 4.90 Å². The predicted molar refractivity (Wildman–Crippen MR) is 94.8 cm³/mol. The molecule has 0 fully saturated rings. The summed E-state index contributed by atoms with van der Waals surface area (Å²) >= 11 is 0. The van der Waals surface area contributed by atoms with E-state index >= 15 is 0 Å². The Hall–Kier alpha value is -2.45. The third kappa shape index (κ3) is 5.01. The fourth-order valence-electron chi connectivity index (χ4n) is 2.18. The smallest absolute Gasteiger partial charge is 0.251 e. The molecule has 0 bridgehead atoms. The minimum absolute atomic E-state index is 0.140. The Balaban J connectivity index is 2.11. The highest BCUT2D eigenvalue weighted by molar-refractivity contribution is 7.89. The average molecular weight is 363 g/mol. The number of nitrogens with one attached hydrogen (secondary N) is 2. The van der Waals surface area contributed by atoms with Crippen LogP contribution in [-0.4, -0.2) is 24.9 Å². The van der Waals surface area contributed by atoms with E-state index in [-0.39, 0.29) is 28.6 Å². The van der Waals surface area contributed by atoms with Crippen molar-refractivity contribution in [1.82, 2.24) is 14.6 Å². The van der Waals surface area contributed by atoms with Crippen molar-refractivity contribution in [3.63, 3.8) is 0 Å². The van der Waals surface area contributed by atoms with Crippen LogP contribution in [0, 0.1) is 0 Å². The molecule has 7 nitrogen and oxygen atoms in total. The number of amides is 1. The lowest BCUT2D eigenvalue weighted by Crippen LogP contribution is -2.30. The van der Waals surface area contributed by atoms with Crippen molar-refractivity contribution in [2.75, 3.05) is 0 Å². The summed E-state index contributed by atoms with van der Waals surface area (Å²) in [7, 11) is -1.99. The molecule has 1 aromatic carbocycles. The number of pyridine rings is 1. The lowest BCUT2D eigenvalue weighted by molar-refractivity contribution is 0.0950. The maximum absolute atomic E-state index is 12.2. The number of rotatable bonds is 6. The van der Waals surface area contributed by atoms with E-state index in [4.69, 9.17) is 0 Å². The first-order valence-corrected chi connectivity index (χ1v) is 9.23. The lowest BCUT2D eigenvalue weighted by Gasteiger charge is -2.11. The standard InChI is InChI=1S/C17H21N3O4S/c1-12(2)19-25(23,24)15-6-4-5-13(9-15)11-18-17(22)14-7-8-20(3)16(21)10-14/h4-10,12,19H,11H2,1-3H3,(H,18,22). The van der Waals surface area contributed by atoms with E-state index in [1.807, 2.05) is 0 Å². The zero-order valence-electron chi connectivity index (χ0n) is 14.3. The molecular formula is C17H21N3O4S. The Morgan fingerprint density at radius 2 is 1.92 bits per heavy atom. The Labute approximate surface area is 146 Å². The molecule has 1 amide bonds. The summed E-state index contributed by atoms with van der Waals surface area (Å²) in [6.07, 6.45) is 1.52.